The monoisotopic (exact) mass is 345 g/mol. The molecule has 0 heterocycles. The molecule has 0 bridgehead atoms. The predicted molar refractivity (Wildman–Crippen MR) is 76.4 cm³/mol. The van der Waals surface area contributed by atoms with Gasteiger partial charge < -0.3 is 5.32 Å². The fourth-order valence-electron chi connectivity index (χ4n) is 1.94. The van der Waals surface area contributed by atoms with E-state index < -0.39 is 17.7 Å². The zero-order valence-corrected chi connectivity index (χ0v) is 12.4. The average Bonchev–Trinajstić information content (AvgIpc) is 2.40. The molecule has 0 radical (unpaired) electrons. The molecular formula is C14H11BrClF2N. The summed E-state index contributed by atoms with van der Waals surface area (Å²) in [5.41, 5.74) is 0.724. The van der Waals surface area contributed by atoms with Crippen LogP contribution in [0.1, 0.15) is 17.2 Å². The van der Waals surface area contributed by atoms with E-state index in [0.717, 1.165) is 5.56 Å². The summed E-state index contributed by atoms with van der Waals surface area (Å²) < 4.78 is 28.3. The maximum atomic E-state index is 14.1. The predicted octanol–water partition coefficient (Wildman–Crippen LogP) is 4.69. The Morgan fingerprint density at radius 1 is 1.11 bits per heavy atom. The first-order valence-electron chi connectivity index (χ1n) is 5.60. The van der Waals surface area contributed by atoms with Crippen LogP contribution >= 0.6 is 27.5 Å². The Bertz CT molecular complexity index is 587. The van der Waals surface area contributed by atoms with E-state index in [1.807, 2.05) is 0 Å². The largest absolute Gasteiger partial charge is 0.309 e. The van der Waals surface area contributed by atoms with Crippen LogP contribution in [0.15, 0.2) is 40.9 Å². The number of rotatable bonds is 3. The molecule has 2 rings (SSSR count). The van der Waals surface area contributed by atoms with Gasteiger partial charge in [-0.15, -0.1) is 0 Å². The molecule has 0 fully saturated rings. The van der Waals surface area contributed by atoms with Crippen molar-refractivity contribution < 1.29 is 8.78 Å². The van der Waals surface area contributed by atoms with Gasteiger partial charge >= 0.3 is 0 Å². The molecular weight excluding hydrogens is 336 g/mol. The van der Waals surface area contributed by atoms with Crippen molar-refractivity contribution in [3.05, 3.63) is 68.7 Å². The van der Waals surface area contributed by atoms with Gasteiger partial charge in [-0.3, -0.25) is 0 Å². The van der Waals surface area contributed by atoms with Gasteiger partial charge in [0.25, 0.3) is 0 Å². The fourth-order valence-corrected chi connectivity index (χ4v) is 2.41. The topological polar surface area (TPSA) is 12.0 Å². The highest BCUT2D eigenvalue weighted by molar-refractivity contribution is 9.10. The summed E-state index contributed by atoms with van der Waals surface area (Å²) in [6, 6.07) is 8.87. The fraction of sp³-hybridized carbons (Fsp3) is 0.143. The van der Waals surface area contributed by atoms with Gasteiger partial charge in [0, 0.05) is 10.6 Å². The second-order valence-corrected chi connectivity index (χ2v) is 5.32. The first kappa shape index (κ1) is 14.4. The summed E-state index contributed by atoms with van der Waals surface area (Å²) in [6.07, 6.45) is 0. The number of halogens is 4. The molecule has 0 spiro atoms. The summed E-state index contributed by atoms with van der Waals surface area (Å²) >= 11 is 8.89. The molecule has 0 saturated carbocycles. The molecule has 0 amide bonds. The third kappa shape index (κ3) is 2.96. The number of benzene rings is 2. The minimum Gasteiger partial charge on any atom is -0.309 e. The molecule has 0 saturated heterocycles. The molecule has 0 aliphatic rings. The van der Waals surface area contributed by atoms with E-state index in [1.165, 1.54) is 12.1 Å². The van der Waals surface area contributed by atoms with Gasteiger partial charge in [0.05, 0.1) is 10.5 Å². The van der Waals surface area contributed by atoms with Crippen molar-refractivity contribution in [1.82, 2.24) is 5.32 Å². The molecule has 1 N–H and O–H groups in total. The summed E-state index contributed by atoms with van der Waals surface area (Å²) in [5, 5.41) is 3.50. The zero-order valence-electron chi connectivity index (χ0n) is 10.1. The second-order valence-electron chi connectivity index (χ2n) is 4.03. The van der Waals surface area contributed by atoms with Crippen molar-refractivity contribution in [1.29, 1.82) is 0 Å². The van der Waals surface area contributed by atoms with Gasteiger partial charge in [-0.1, -0.05) is 23.7 Å². The van der Waals surface area contributed by atoms with Gasteiger partial charge in [0.15, 0.2) is 0 Å². The number of hydrogen-bond acceptors (Lipinski definition) is 1. The Morgan fingerprint density at radius 3 is 2.32 bits per heavy atom. The number of hydrogen-bond donors (Lipinski definition) is 1. The van der Waals surface area contributed by atoms with Crippen molar-refractivity contribution in [3.8, 4) is 0 Å². The molecule has 0 aliphatic carbocycles. The van der Waals surface area contributed by atoms with Gasteiger partial charge in [0.2, 0.25) is 0 Å². The molecule has 100 valence electrons. The van der Waals surface area contributed by atoms with E-state index >= 15 is 0 Å². The lowest BCUT2D eigenvalue weighted by molar-refractivity contribution is 0.518. The van der Waals surface area contributed by atoms with Crippen LogP contribution in [0, 0.1) is 11.6 Å². The Balaban J connectivity index is 2.54. The first-order chi connectivity index (χ1) is 9.04. The van der Waals surface area contributed by atoms with Crippen LogP contribution in [-0.2, 0) is 0 Å². The molecule has 2 aromatic rings. The summed E-state index contributed by atoms with van der Waals surface area (Å²) in [6.45, 7) is 0. The minimum absolute atomic E-state index is 0.0146. The van der Waals surface area contributed by atoms with Gasteiger partial charge in [0.1, 0.15) is 11.6 Å². The van der Waals surface area contributed by atoms with E-state index in [4.69, 9.17) is 11.6 Å². The van der Waals surface area contributed by atoms with Crippen molar-refractivity contribution in [2.24, 2.45) is 0 Å². The van der Waals surface area contributed by atoms with Crippen LogP contribution in [-0.4, -0.2) is 7.05 Å². The average molecular weight is 347 g/mol. The second kappa shape index (κ2) is 5.99. The quantitative estimate of drug-likeness (QED) is 0.795. The van der Waals surface area contributed by atoms with Gasteiger partial charge in [-0.2, -0.15) is 0 Å². The molecule has 19 heavy (non-hydrogen) atoms. The standard InChI is InChI=1S/C14H11BrClF2N/c1-19-14(8-2-4-9(16)5-3-8)12-11(17)7-6-10(15)13(12)18/h2-7,14,19H,1H3. The van der Waals surface area contributed by atoms with E-state index in [2.05, 4.69) is 21.2 Å². The van der Waals surface area contributed by atoms with Crippen molar-refractivity contribution in [2.45, 2.75) is 6.04 Å². The minimum atomic E-state index is -0.602. The highest BCUT2D eigenvalue weighted by Crippen LogP contribution is 2.31. The van der Waals surface area contributed by atoms with Gasteiger partial charge in [-0.05, 0) is 52.8 Å². The maximum Gasteiger partial charge on any atom is 0.145 e. The van der Waals surface area contributed by atoms with E-state index in [-0.39, 0.29) is 10.0 Å². The Labute approximate surface area is 123 Å². The van der Waals surface area contributed by atoms with E-state index in [0.29, 0.717) is 5.02 Å². The van der Waals surface area contributed by atoms with Crippen LogP contribution in [0.3, 0.4) is 0 Å². The summed E-state index contributed by atoms with van der Waals surface area (Å²) in [4.78, 5) is 0. The van der Waals surface area contributed by atoms with Crippen LogP contribution in [0.2, 0.25) is 5.02 Å². The first-order valence-corrected chi connectivity index (χ1v) is 6.77. The van der Waals surface area contributed by atoms with Crippen LogP contribution in [0.25, 0.3) is 0 Å². The van der Waals surface area contributed by atoms with Crippen LogP contribution in [0.5, 0.6) is 0 Å². The highest BCUT2D eigenvalue weighted by Gasteiger charge is 2.22. The maximum absolute atomic E-state index is 14.1. The van der Waals surface area contributed by atoms with Crippen molar-refractivity contribution in [3.63, 3.8) is 0 Å². The normalized spacial score (nSPS) is 12.5. The van der Waals surface area contributed by atoms with Crippen LogP contribution < -0.4 is 5.32 Å². The SMILES string of the molecule is CNC(c1ccc(Cl)cc1)c1c(F)ccc(Br)c1F. The third-order valence-corrected chi connectivity index (χ3v) is 3.72. The molecule has 0 aliphatic heterocycles. The molecule has 0 aromatic heterocycles. The van der Waals surface area contributed by atoms with E-state index in [1.54, 1.807) is 31.3 Å². The molecule has 2 aromatic carbocycles. The summed E-state index contributed by atoms with van der Waals surface area (Å²) in [7, 11) is 1.65. The Hall–Kier alpha value is -0.970. The number of nitrogens with one attached hydrogen (secondary N) is 1. The Kier molecular flexibility index (Phi) is 4.55. The van der Waals surface area contributed by atoms with Gasteiger partial charge in [-0.25, -0.2) is 8.78 Å². The molecule has 1 nitrogen and oxygen atoms in total. The molecule has 5 heteroatoms. The smallest absolute Gasteiger partial charge is 0.145 e. The lowest BCUT2D eigenvalue weighted by Crippen LogP contribution is -2.20. The van der Waals surface area contributed by atoms with E-state index in [9.17, 15) is 8.78 Å². The lowest BCUT2D eigenvalue weighted by atomic mass is 9.98. The van der Waals surface area contributed by atoms with Crippen molar-refractivity contribution >= 4 is 27.5 Å². The third-order valence-electron chi connectivity index (χ3n) is 2.86. The summed E-state index contributed by atoms with van der Waals surface area (Å²) in [5.74, 6) is -1.19. The van der Waals surface area contributed by atoms with Crippen molar-refractivity contribution in [2.75, 3.05) is 7.05 Å². The highest BCUT2D eigenvalue weighted by atomic mass is 79.9. The Morgan fingerprint density at radius 2 is 1.74 bits per heavy atom. The van der Waals surface area contributed by atoms with Crippen LogP contribution in [0.4, 0.5) is 8.78 Å². The molecule has 1 unspecified atom stereocenters. The molecule has 1 atom stereocenters. The zero-order chi connectivity index (χ0) is 14.0. The lowest BCUT2D eigenvalue weighted by Gasteiger charge is -2.19.